The van der Waals surface area contributed by atoms with Crippen LogP contribution in [0.25, 0.3) is 0 Å². The molecule has 2 amide bonds. The lowest BCUT2D eigenvalue weighted by molar-refractivity contribution is -0.384. The van der Waals surface area contributed by atoms with Gasteiger partial charge in [-0.1, -0.05) is 29.4 Å². The summed E-state index contributed by atoms with van der Waals surface area (Å²) in [4.78, 5) is 40.8. The fourth-order valence-corrected chi connectivity index (χ4v) is 2.44. The molecule has 0 bridgehead atoms. The number of oxime groups is 1. The average Bonchev–Trinajstić information content (AvgIpc) is 2.66. The maximum absolute atomic E-state index is 12.4. The molecule has 0 aliphatic carbocycles. The second-order valence-electron chi connectivity index (χ2n) is 6.00. The first-order chi connectivity index (χ1) is 13.4. The Morgan fingerprint density at radius 1 is 1.21 bits per heavy atom. The molecule has 9 nitrogen and oxygen atoms in total. The van der Waals surface area contributed by atoms with Crippen LogP contribution in [0.4, 0.5) is 17.1 Å². The van der Waals surface area contributed by atoms with Crippen LogP contribution in [0.3, 0.4) is 0 Å². The van der Waals surface area contributed by atoms with Crippen LogP contribution in [-0.2, 0) is 14.4 Å². The van der Waals surface area contributed by atoms with Crippen molar-refractivity contribution in [3.8, 4) is 0 Å². The van der Waals surface area contributed by atoms with E-state index in [0.29, 0.717) is 0 Å². The van der Waals surface area contributed by atoms with Crippen molar-refractivity contribution >= 4 is 35.1 Å². The Kier molecular flexibility index (Phi) is 7.21. The van der Waals surface area contributed by atoms with Crippen LogP contribution < -0.4 is 10.2 Å². The van der Waals surface area contributed by atoms with E-state index in [9.17, 15) is 19.7 Å². The largest absolute Gasteiger partial charge is 0.385 e. The van der Waals surface area contributed by atoms with Gasteiger partial charge in [0.15, 0.2) is 6.61 Å². The summed E-state index contributed by atoms with van der Waals surface area (Å²) in [5.41, 5.74) is 0.835. The number of anilines is 2. The summed E-state index contributed by atoms with van der Waals surface area (Å²) in [7, 11) is 0. The zero-order valence-corrected chi connectivity index (χ0v) is 15.4. The number of nitrogens with one attached hydrogen (secondary N) is 1. The molecular weight excluding hydrogens is 364 g/mol. The summed E-state index contributed by atoms with van der Waals surface area (Å²) in [6, 6.07) is 14.5. The molecule has 0 heterocycles. The van der Waals surface area contributed by atoms with Gasteiger partial charge in [0.25, 0.3) is 17.5 Å². The monoisotopic (exact) mass is 384 g/mol. The normalized spacial score (nSPS) is 10.7. The van der Waals surface area contributed by atoms with E-state index in [1.54, 1.807) is 4.90 Å². The molecule has 0 spiro atoms. The fraction of sp³-hybridized carbons (Fsp3) is 0.211. The number of hydrogen-bond donors (Lipinski definition) is 1. The molecule has 0 saturated heterocycles. The number of nitrogens with zero attached hydrogens (tertiary/aromatic N) is 3. The van der Waals surface area contributed by atoms with Gasteiger partial charge in [-0.25, -0.2) is 0 Å². The van der Waals surface area contributed by atoms with E-state index < -0.39 is 10.8 Å². The average molecular weight is 384 g/mol. The van der Waals surface area contributed by atoms with Crippen molar-refractivity contribution in [3.05, 3.63) is 64.7 Å². The Hall–Kier alpha value is -3.75. The first-order valence-electron chi connectivity index (χ1n) is 8.46. The van der Waals surface area contributed by atoms with Crippen molar-refractivity contribution < 1.29 is 19.3 Å². The molecule has 0 radical (unpaired) electrons. The first-order valence-corrected chi connectivity index (χ1v) is 8.46. The predicted octanol–water partition coefficient (Wildman–Crippen LogP) is 2.98. The number of carbonyl (C=O) groups excluding carboxylic acids is 2. The van der Waals surface area contributed by atoms with Gasteiger partial charge < -0.3 is 15.1 Å². The first kappa shape index (κ1) is 20.6. The molecule has 2 aromatic carbocycles. The third-order valence-corrected chi connectivity index (χ3v) is 3.58. The standard InChI is InChI=1S/C19H20N4O5/c1-14(2)22(16-8-4-3-5-9-16)19(25)13-28-20-12-18(24)21-15-7-6-10-17(11-15)23(26)27/h3-12,14H,13H2,1-2H3,(H,21,24)/b20-12-. The molecule has 1 N–H and O–H groups in total. The van der Waals surface area contributed by atoms with E-state index in [1.165, 1.54) is 24.3 Å². The summed E-state index contributed by atoms with van der Waals surface area (Å²) in [5.74, 6) is -0.950. The number of nitro benzene ring substituents is 1. The number of amides is 2. The highest BCUT2D eigenvalue weighted by atomic mass is 16.6. The maximum atomic E-state index is 12.4. The van der Waals surface area contributed by atoms with Gasteiger partial charge in [0, 0.05) is 29.5 Å². The van der Waals surface area contributed by atoms with E-state index in [2.05, 4.69) is 10.5 Å². The molecule has 0 fully saturated rings. The lowest BCUT2D eigenvalue weighted by Gasteiger charge is -2.26. The molecular formula is C19H20N4O5. The van der Waals surface area contributed by atoms with E-state index in [0.717, 1.165) is 11.9 Å². The van der Waals surface area contributed by atoms with Crippen LogP contribution in [0, 0.1) is 10.1 Å². The number of para-hydroxylation sites is 1. The maximum Gasteiger partial charge on any atom is 0.271 e. The van der Waals surface area contributed by atoms with E-state index in [-0.39, 0.29) is 29.9 Å². The van der Waals surface area contributed by atoms with Crippen molar-refractivity contribution in [2.45, 2.75) is 19.9 Å². The third kappa shape index (κ3) is 5.90. The smallest absolute Gasteiger partial charge is 0.271 e. The third-order valence-electron chi connectivity index (χ3n) is 3.58. The second-order valence-corrected chi connectivity index (χ2v) is 6.00. The van der Waals surface area contributed by atoms with Crippen LogP contribution in [0.5, 0.6) is 0 Å². The summed E-state index contributed by atoms with van der Waals surface area (Å²) < 4.78 is 0. The van der Waals surface area contributed by atoms with E-state index in [4.69, 9.17) is 4.84 Å². The van der Waals surface area contributed by atoms with Gasteiger partial charge in [-0.3, -0.25) is 19.7 Å². The van der Waals surface area contributed by atoms with Crippen LogP contribution >= 0.6 is 0 Å². The number of benzene rings is 2. The topological polar surface area (TPSA) is 114 Å². The number of nitro groups is 1. The highest BCUT2D eigenvalue weighted by Gasteiger charge is 2.19. The predicted molar refractivity (Wildman–Crippen MR) is 105 cm³/mol. The van der Waals surface area contributed by atoms with Crippen molar-refractivity contribution in [3.63, 3.8) is 0 Å². The van der Waals surface area contributed by atoms with E-state index in [1.807, 2.05) is 44.2 Å². The van der Waals surface area contributed by atoms with Gasteiger partial charge in [-0.15, -0.1) is 0 Å². The summed E-state index contributed by atoms with van der Waals surface area (Å²) in [5, 5.41) is 16.6. The Labute approximate surface area is 161 Å². The van der Waals surface area contributed by atoms with Gasteiger partial charge in [-0.2, -0.15) is 0 Å². The van der Waals surface area contributed by atoms with Crippen molar-refractivity contribution in [2.75, 3.05) is 16.8 Å². The fourth-order valence-electron chi connectivity index (χ4n) is 2.44. The van der Waals surface area contributed by atoms with Crippen LogP contribution in [0.15, 0.2) is 59.8 Å². The highest BCUT2D eigenvalue weighted by Crippen LogP contribution is 2.17. The van der Waals surface area contributed by atoms with Crippen LogP contribution in [-0.4, -0.2) is 35.6 Å². The van der Waals surface area contributed by atoms with Crippen LogP contribution in [0.2, 0.25) is 0 Å². The molecule has 0 saturated carbocycles. The Bertz CT molecular complexity index is 868. The van der Waals surface area contributed by atoms with Crippen molar-refractivity contribution in [2.24, 2.45) is 5.16 Å². The van der Waals surface area contributed by atoms with Gasteiger partial charge in [-0.05, 0) is 32.0 Å². The molecule has 146 valence electrons. The number of non-ortho nitro benzene ring substituents is 1. The summed E-state index contributed by atoms with van der Waals surface area (Å²) in [6.07, 6.45) is 0.856. The molecule has 0 atom stereocenters. The van der Waals surface area contributed by atoms with Crippen molar-refractivity contribution in [1.82, 2.24) is 0 Å². The Morgan fingerprint density at radius 3 is 2.57 bits per heavy atom. The van der Waals surface area contributed by atoms with Crippen LogP contribution in [0.1, 0.15) is 13.8 Å². The summed E-state index contributed by atoms with van der Waals surface area (Å²) >= 11 is 0. The molecule has 0 unspecified atom stereocenters. The molecule has 0 aliphatic heterocycles. The number of hydrogen-bond acceptors (Lipinski definition) is 6. The highest BCUT2D eigenvalue weighted by molar-refractivity contribution is 6.31. The second kappa shape index (κ2) is 9.81. The minimum Gasteiger partial charge on any atom is -0.385 e. The minimum absolute atomic E-state index is 0.0837. The molecule has 2 aromatic rings. The number of carbonyl (C=O) groups is 2. The van der Waals surface area contributed by atoms with Crippen molar-refractivity contribution in [1.29, 1.82) is 0 Å². The number of rotatable bonds is 8. The van der Waals surface area contributed by atoms with Gasteiger partial charge in [0.05, 0.1) is 4.92 Å². The molecule has 0 aliphatic rings. The van der Waals surface area contributed by atoms with Gasteiger partial charge in [0.1, 0.15) is 6.21 Å². The lowest BCUT2D eigenvalue weighted by atomic mass is 10.2. The quantitative estimate of drug-likeness (QED) is 0.427. The van der Waals surface area contributed by atoms with Gasteiger partial charge in [0.2, 0.25) is 0 Å². The Morgan fingerprint density at radius 2 is 1.93 bits per heavy atom. The lowest BCUT2D eigenvalue weighted by Crippen LogP contribution is -2.39. The molecule has 2 rings (SSSR count). The zero-order chi connectivity index (χ0) is 20.5. The molecule has 28 heavy (non-hydrogen) atoms. The SMILES string of the molecule is CC(C)N(C(=O)CO/N=C\C(=O)Nc1cccc([N+](=O)[O-])c1)c1ccccc1. The minimum atomic E-state index is -0.642. The van der Waals surface area contributed by atoms with E-state index >= 15 is 0 Å². The molecule has 9 heteroatoms. The Balaban J connectivity index is 1.88. The molecule has 0 aromatic heterocycles. The zero-order valence-electron chi connectivity index (χ0n) is 15.4. The van der Waals surface area contributed by atoms with Gasteiger partial charge >= 0.3 is 0 Å². The summed E-state index contributed by atoms with van der Waals surface area (Å²) in [6.45, 7) is 3.41.